The zero-order valence-corrected chi connectivity index (χ0v) is 31.8. The fourth-order valence-corrected chi connectivity index (χ4v) is 9.48. The van der Waals surface area contributed by atoms with Crippen LogP contribution in [-0.4, -0.2) is 15.4 Å². The first-order chi connectivity index (χ1) is 22.6. The number of nitrogens with zero attached hydrogens (tertiary/aromatic N) is 2. The Kier molecular flexibility index (Phi) is 13.8. The average Bonchev–Trinajstić information content (AvgIpc) is 3.83. The predicted octanol–water partition coefficient (Wildman–Crippen LogP) is 3.21. The third-order valence-corrected chi connectivity index (χ3v) is 14.1. The quantitative estimate of drug-likeness (QED) is 0.204. The first kappa shape index (κ1) is 36.9. The van der Waals surface area contributed by atoms with E-state index >= 15 is 0 Å². The third kappa shape index (κ3) is 8.75. The van der Waals surface area contributed by atoms with Crippen molar-refractivity contribution in [3.8, 4) is 22.5 Å². The molecular formula is C42H34Cl2N2SiZr-2. The summed E-state index contributed by atoms with van der Waals surface area (Å²) in [6.07, 6.45) is 3.67. The Balaban J connectivity index is 0.000000160. The zero-order valence-electron chi connectivity index (χ0n) is 26.8. The molecule has 2 heterocycles. The Labute approximate surface area is 310 Å². The van der Waals surface area contributed by atoms with Gasteiger partial charge in [0.1, 0.15) is 0 Å². The van der Waals surface area contributed by atoms with Crippen molar-refractivity contribution < 1.29 is 48.1 Å². The monoisotopic (exact) mass is 754 g/mol. The summed E-state index contributed by atoms with van der Waals surface area (Å²) in [4.78, 5) is 8.82. The number of hydrogen-bond donors (Lipinski definition) is 0. The second kappa shape index (κ2) is 18.0. The molecular weight excluding hydrogens is 723 g/mol. The van der Waals surface area contributed by atoms with Crippen LogP contribution >= 0.6 is 0 Å². The second-order valence-electron chi connectivity index (χ2n) is 11.1. The molecule has 0 radical (unpaired) electrons. The summed E-state index contributed by atoms with van der Waals surface area (Å²) >= 11 is 1.64. The van der Waals surface area contributed by atoms with Crippen LogP contribution in [0, 0.1) is 13.8 Å². The molecule has 0 unspecified atom stereocenters. The normalized spacial score (nSPS) is 10.1. The maximum absolute atomic E-state index is 4.41. The summed E-state index contributed by atoms with van der Waals surface area (Å²) in [5, 5.41) is 8.26. The fraction of sp³-hybridized carbons (Fsp3) is 0.0476. The number of aryl methyl sites for hydroxylation is 2. The van der Waals surface area contributed by atoms with E-state index in [2.05, 4.69) is 157 Å². The van der Waals surface area contributed by atoms with Crippen LogP contribution in [0.15, 0.2) is 170 Å². The molecule has 8 rings (SSSR count). The van der Waals surface area contributed by atoms with Crippen LogP contribution in [0.5, 0.6) is 0 Å². The van der Waals surface area contributed by atoms with Crippen molar-refractivity contribution in [1.82, 2.24) is 9.97 Å². The molecule has 0 aliphatic heterocycles. The van der Waals surface area contributed by atoms with Gasteiger partial charge >= 0.3 is 99.8 Å². The molecule has 0 aliphatic rings. The van der Waals surface area contributed by atoms with Gasteiger partial charge in [-0.3, -0.25) is 9.97 Å². The van der Waals surface area contributed by atoms with Crippen LogP contribution in [0.2, 0.25) is 0 Å². The number of hydrogen-bond acceptors (Lipinski definition) is 2. The Morgan fingerprint density at radius 2 is 0.875 bits per heavy atom. The Morgan fingerprint density at radius 1 is 0.479 bits per heavy atom. The number of aromatic nitrogens is 2. The van der Waals surface area contributed by atoms with Crippen molar-refractivity contribution in [2.75, 3.05) is 0 Å². The molecule has 6 aromatic carbocycles. The number of halogens is 2. The number of rotatable bonds is 4. The summed E-state index contributed by atoms with van der Waals surface area (Å²) in [7, 11) is 0. The molecule has 0 fully saturated rings. The molecule has 6 heteroatoms. The molecule has 0 saturated carbocycles. The molecule has 48 heavy (non-hydrogen) atoms. The van der Waals surface area contributed by atoms with E-state index in [1.54, 1.807) is 23.3 Å². The molecule has 0 aliphatic carbocycles. The molecule has 8 aromatic rings. The van der Waals surface area contributed by atoms with Crippen LogP contribution in [0.3, 0.4) is 0 Å². The van der Waals surface area contributed by atoms with Crippen molar-refractivity contribution >= 4 is 37.4 Å². The summed E-state index contributed by atoms with van der Waals surface area (Å²) in [6, 6.07) is 55.2. The minimum atomic E-state index is -0.455. The molecule has 0 bridgehead atoms. The SMILES string of the molecule is Cc1ccc(-c2ccccn2)c2cc[cH-]c12.Cc1ccc(-c2ccccn2)c2cc[cH-]c12.[Cl-].[Cl-].[Zr+2]=[Si](c1ccccc1)c1ccccc1. The van der Waals surface area contributed by atoms with Crippen molar-refractivity contribution in [1.29, 1.82) is 0 Å². The summed E-state index contributed by atoms with van der Waals surface area (Å²) < 4.78 is 0. The Hall–Kier alpha value is -3.92. The Morgan fingerprint density at radius 3 is 1.25 bits per heavy atom. The number of benzene rings is 4. The number of fused-ring (bicyclic) bond motifs is 2. The van der Waals surface area contributed by atoms with Gasteiger partial charge < -0.3 is 24.8 Å². The van der Waals surface area contributed by atoms with E-state index in [-0.39, 0.29) is 24.8 Å². The van der Waals surface area contributed by atoms with Crippen LogP contribution in [0.1, 0.15) is 11.1 Å². The predicted molar refractivity (Wildman–Crippen MR) is 193 cm³/mol. The Bertz CT molecular complexity index is 2020. The van der Waals surface area contributed by atoms with Crippen molar-refractivity contribution in [2.24, 2.45) is 0 Å². The van der Waals surface area contributed by atoms with Crippen LogP contribution in [0.25, 0.3) is 44.1 Å². The van der Waals surface area contributed by atoms with Gasteiger partial charge in [-0.15, -0.1) is 56.9 Å². The van der Waals surface area contributed by atoms with Crippen molar-refractivity contribution in [2.45, 2.75) is 13.8 Å². The van der Waals surface area contributed by atoms with Gasteiger partial charge in [-0.2, -0.15) is 24.3 Å². The first-order valence-electron chi connectivity index (χ1n) is 15.4. The molecule has 0 spiro atoms. The maximum atomic E-state index is 4.41. The van der Waals surface area contributed by atoms with Gasteiger partial charge in [-0.1, -0.05) is 38.1 Å². The topological polar surface area (TPSA) is 25.8 Å². The van der Waals surface area contributed by atoms with Gasteiger partial charge in [0.25, 0.3) is 0 Å². The molecule has 2 aromatic heterocycles. The first-order valence-corrected chi connectivity index (χ1v) is 20.6. The van der Waals surface area contributed by atoms with E-state index < -0.39 is 5.43 Å². The van der Waals surface area contributed by atoms with Gasteiger partial charge in [-0.25, -0.2) is 0 Å². The van der Waals surface area contributed by atoms with E-state index in [4.69, 9.17) is 0 Å². The molecule has 236 valence electrons. The van der Waals surface area contributed by atoms with Gasteiger partial charge in [0.2, 0.25) is 0 Å². The standard InChI is InChI=1S/2C15H12N.C12H10Si.2ClH.Zr/c2*1-11-8-9-14(13-6-4-5-12(11)13)15-7-2-3-10-16-15;1-3-7-11(8-4-1)13-12-9-5-2-6-10-12;;;/h2*2-10H,1H3;1-10H;2*1H;/q2*-1;;;;+2/p-2. The molecule has 0 N–H and O–H groups in total. The van der Waals surface area contributed by atoms with Gasteiger partial charge in [0.05, 0.1) is 11.4 Å². The minimum absolute atomic E-state index is 0. The molecule has 0 amide bonds. The third-order valence-electron chi connectivity index (χ3n) is 8.07. The van der Waals surface area contributed by atoms with Crippen LogP contribution in [0.4, 0.5) is 0 Å². The summed E-state index contributed by atoms with van der Waals surface area (Å²) in [5.74, 6) is 0. The van der Waals surface area contributed by atoms with E-state index in [0.29, 0.717) is 0 Å². The number of pyridine rings is 2. The van der Waals surface area contributed by atoms with E-state index in [1.165, 1.54) is 54.2 Å². The summed E-state index contributed by atoms with van der Waals surface area (Å²) in [5.41, 5.74) is 6.69. The van der Waals surface area contributed by atoms with Crippen molar-refractivity contribution in [3.63, 3.8) is 0 Å². The van der Waals surface area contributed by atoms with Crippen LogP contribution in [-0.2, 0) is 23.3 Å². The zero-order chi connectivity index (χ0) is 31.7. The van der Waals surface area contributed by atoms with Gasteiger partial charge in [-0.05, 0) is 35.4 Å². The molecule has 0 atom stereocenters. The van der Waals surface area contributed by atoms with Gasteiger partial charge in [0, 0.05) is 12.4 Å². The van der Waals surface area contributed by atoms with Crippen molar-refractivity contribution in [3.05, 3.63) is 181 Å². The average molecular weight is 757 g/mol. The molecule has 2 nitrogen and oxygen atoms in total. The van der Waals surface area contributed by atoms with Gasteiger partial charge in [0.15, 0.2) is 0 Å². The molecule has 0 saturated heterocycles. The summed E-state index contributed by atoms with van der Waals surface area (Å²) in [6.45, 7) is 4.29. The second-order valence-corrected chi connectivity index (χ2v) is 16.7. The van der Waals surface area contributed by atoms with E-state index in [1.807, 2.05) is 36.7 Å². The fourth-order valence-electron chi connectivity index (χ4n) is 5.64. The van der Waals surface area contributed by atoms with E-state index in [9.17, 15) is 0 Å². The van der Waals surface area contributed by atoms with Crippen LogP contribution < -0.4 is 35.2 Å². The van der Waals surface area contributed by atoms with E-state index in [0.717, 1.165) is 11.4 Å².